The maximum absolute atomic E-state index is 12.4. The Hall–Kier alpha value is -2.56. The van der Waals surface area contributed by atoms with Crippen LogP contribution in [-0.4, -0.2) is 26.0 Å². The monoisotopic (exact) mass is 547 g/mol. The number of hydrogen-bond donors (Lipinski definition) is 2. The third-order valence-corrected chi connectivity index (χ3v) is 5.79. The third-order valence-electron chi connectivity index (χ3n) is 4.33. The number of carbonyl (C=O) groups excluding carboxylic acids is 1. The number of anilines is 1. The zero-order chi connectivity index (χ0) is 21.3. The van der Waals surface area contributed by atoms with Gasteiger partial charge in [-0.15, -0.1) is 10.2 Å². The van der Waals surface area contributed by atoms with Gasteiger partial charge in [-0.1, -0.05) is 41.4 Å². The predicted molar refractivity (Wildman–Crippen MR) is 131 cm³/mol. The highest BCUT2D eigenvalue weighted by Gasteiger charge is 2.14. The van der Waals surface area contributed by atoms with Crippen LogP contribution in [0, 0.1) is 10.5 Å². The van der Waals surface area contributed by atoms with E-state index >= 15 is 0 Å². The normalized spacial score (nSPS) is 10.8. The molecule has 9 heteroatoms. The number of halogens is 2. The molecule has 30 heavy (non-hydrogen) atoms. The Morgan fingerprint density at radius 1 is 1.07 bits per heavy atom. The lowest BCUT2D eigenvalue weighted by Crippen LogP contribution is -2.34. The van der Waals surface area contributed by atoms with Crippen molar-refractivity contribution in [2.45, 2.75) is 6.92 Å². The van der Waals surface area contributed by atoms with Crippen LogP contribution in [0.15, 0.2) is 60.7 Å². The zero-order valence-corrected chi connectivity index (χ0v) is 19.4. The van der Waals surface area contributed by atoms with Crippen LogP contribution in [0.25, 0.3) is 16.7 Å². The van der Waals surface area contributed by atoms with Gasteiger partial charge in [-0.05, 0) is 78.1 Å². The Bertz CT molecular complexity index is 1270. The number of carbonyl (C=O) groups is 1. The van der Waals surface area contributed by atoms with E-state index in [0.29, 0.717) is 27.3 Å². The van der Waals surface area contributed by atoms with E-state index in [9.17, 15) is 4.79 Å². The number of aromatic nitrogens is 3. The minimum Gasteiger partial charge on any atom is -0.331 e. The van der Waals surface area contributed by atoms with E-state index in [4.69, 9.17) is 23.8 Å². The van der Waals surface area contributed by atoms with Crippen molar-refractivity contribution in [2.24, 2.45) is 0 Å². The van der Waals surface area contributed by atoms with Crippen LogP contribution in [0.2, 0.25) is 5.02 Å². The second-order valence-electron chi connectivity index (χ2n) is 6.53. The molecule has 1 aromatic heterocycles. The number of nitrogens with one attached hydrogen (secondary N) is 2. The quantitative estimate of drug-likeness (QED) is 0.275. The van der Waals surface area contributed by atoms with Gasteiger partial charge in [0.25, 0.3) is 5.91 Å². The first kappa shape index (κ1) is 20.7. The van der Waals surface area contributed by atoms with Gasteiger partial charge in [-0.2, -0.15) is 4.80 Å². The molecule has 1 heterocycles. The van der Waals surface area contributed by atoms with Gasteiger partial charge in [-0.3, -0.25) is 10.1 Å². The minimum absolute atomic E-state index is 0.145. The SMILES string of the molecule is Cc1ccc(-n2nc3cc(Cl)c(NC(=S)NC(=O)c4ccccc4I)cc3n2)cc1. The van der Waals surface area contributed by atoms with Crippen LogP contribution in [0.4, 0.5) is 5.69 Å². The van der Waals surface area contributed by atoms with Crippen molar-refractivity contribution in [2.75, 3.05) is 5.32 Å². The molecule has 150 valence electrons. The van der Waals surface area contributed by atoms with Gasteiger partial charge in [0.15, 0.2) is 5.11 Å². The molecule has 0 aliphatic rings. The molecule has 1 amide bonds. The molecular weight excluding hydrogens is 533 g/mol. The van der Waals surface area contributed by atoms with E-state index in [1.165, 1.54) is 0 Å². The maximum atomic E-state index is 12.4. The molecule has 0 saturated heterocycles. The van der Waals surface area contributed by atoms with E-state index in [1.807, 2.05) is 43.3 Å². The molecule has 2 N–H and O–H groups in total. The van der Waals surface area contributed by atoms with Crippen LogP contribution in [0.3, 0.4) is 0 Å². The summed E-state index contributed by atoms with van der Waals surface area (Å²) in [6.45, 7) is 2.02. The first-order chi connectivity index (χ1) is 14.4. The number of benzene rings is 3. The number of fused-ring (bicyclic) bond motifs is 1. The summed E-state index contributed by atoms with van der Waals surface area (Å²) in [5.41, 5.74) is 4.39. The number of rotatable bonds is 3. The summed E-state index contributed by atoms with van der Waals surface area (Å²) >= 11 is 13.8. The Morgan fingerprint density at radius 2 is 1.73 bits per heavy atom. The molecule has 0 saturated carbocycles. The van der Waals surface area contributed by atoms with Crippen LogP contribution < -0.4 is 10.6 Å². The molecule has 4 aromatic rings. The smallest absolute Gasteiger partial charge is 0.258 e. The van der Waals surface area contributed by atoms with E-state index in [0.717, 1.165) is 14.8 Å². The second kappa shape index (κ2) is 8.66. The Kier molecular flexibility index (Phi) is 5.98. The fourth-order valence-electron chi connectivity index (χ4n) is 2.80. The lowest BCUT2D eigenvalue weighted by Gasteiger charge is -2.11. The Labute approximate surface area is 196 Å². The molecule has 0 atom stereocenters. The average Bonchev–Trinajstić information content (AvgIpc) is 3.11. The maximum Gasteiger partial charge on any atom is 0.258 e. The van der Waals surface area contributed by atoms with E-state index in [2.05, 4.69) is 43.4 Å². The van der Waals surface area contributed by atoms with Crippen molar-refractivity contribution < 1.29 is 4.79 Å². The van der Waals surface area contributed by atoms with Gasteiger partial charge in [0, 0.05) is 3.57 Å². The van der Waals surface area contributed by atoms with E-state index < -0.39 is 0 Å². The van der Waals surface area contributed by atoms with Gasteiger partial charge in [0.2, 0.25) is 0 Å². The molecule has 0 spiro atoms. The summed E-state index contributed by atoms with van der Waals surface area (Å²) in [7, 11) is 0. The van der Waals surface area contributed by atoms with Gasteiger partial charge in [0.05, 0.1) is 22.0 Å². The fraction of sp³-hybridized carbons (Fsp3) is 0.0476. The number of nitrogens with zero attached hydrogens (tertiary/aromatic N) is 3. The van der Waals surface area contributed by atoms with E-state index in [1.54, 1.807) is 29.1 Å². The van der Waals surface area contributed by atoms with Gasteiger partial charge in [0.1, 0.15) is 11.0 Å². The summed E-state index contributed by atoms with van der Waals surface area (Å²) in [5, 5.41) is 15.2. The van der Waals surface area contributed by atoms with Crippen LogP contribution in [-0.2, 0) is 0 Å². The third kappa shape index (κ3) is 4.45. The van der Waals surface area contributed by atoms with Gasteiger partial charge < -0.3 is 5.32 Å². The molecule has 3 aromatic carbocycles. The summed E-state index contributed by atoms with van der Waals surface area (Å²) in [6.07, 6.45) is 0. The molecule has 4 rings (SSSR count). The lowest BCUT2D eigenvalue weighted by atomic mass is 10.2. The van der Waals surface area contributed by atoms with Crippen molar-refractivity contribution >= 4 is 74.2 Å². The van der Waals surface area contributed by atoms with Crippen LogP contribution in [0.1, 0.15) is 15.9 Å². The predicted octanol–water partition coefficient (Wildman–Crippen LogP) is 5.11. The highest BCUT2D eigenvalue weighted by molar-refractivity contribution is 14.1. The summed E-state index contributed by atoms with van der Waals surface area (Å²) in [6, 6.07) is 18.6. The zero-order valence-electron chi connectivity index (χ0n) is 15.7. The molecule has 6 nitrogen and oxygen atoms in total. The number of hydrogen-bond acceptors (Lipinski definition) is 4. The summed E-state index contributed by atoms with van der Waals surface area (Å²) < 4.78 is 0.836. The highest BCUT2D eigenvalue weighted by atomic mass is 127. The molecule has 0 fully saturated rings. The minimum atomic E-state index is -0.292. The largest absolute Gasteiger partial charge is 0.331 e. The fourth-order valence-corrected chi connectivity index (χ4v) is 3.84. The molecule has 0 aliphatic carbocycles. The van der Waals surface area contributed by atoms with Gasteiger partial charge >= 0.3 is 0 Å². The van der Waals surface area contributed by atoms with Crippen LogP contribution >= 0.6 is 46.4 Å². The second-order valence-corrected chi connectivity index (χ2v) is 8.51. The summed E-state index contributed by atoms with van der Waals surface area (Å²) in [4.78, 5) is 14.0. The van der Waals surface area contributed by atoms with Crippen molar-refractivity contribution in [3.8, 4) is 5.69 Å². The Balaban J connectivity index is 1.54. The number of thiocarbonyl (C=S) groups is 1. The van der Waals surface area contributed by atoms with Crippen molar-refractivity contribution in [1.82, 2.24) is 20.3 Å². The molecule has 0 aliphatic heterocycles. The van der Waals surface area contributed by atoms with Gasteiger partial charge in [-0.25, -0.2) is 0 Å². The van der Waals surface area contributed by atoms with Crippen LogP contribution in [0.5, 0.6) is 0 Å². The van der Waals surface area contributed by atoms with Crippen molar-refractivity contribution in [3.05, 3.63) is 80.4 Å². The lowest BCUT2D eigenvalue weighted by molar-refractivity contribution is 0.0977. The average molecular weight is 548 g/mol. The number of amides is 1. The molecular formula is C21H15ClIN5OS. The van der Waals surface area contributed by atoms with Crippen molar-refractivity contribution in [3.63, 3.8) is 0 Å². The topological polar surface area (TPSA) is 71.8 Å². The molecule has 0 unspecified atom stereocenters. The van der Waals surface area contributed by atoms with Crippen molar-refractivity contribution in [1.29, 1.82) is 0 Å². The molecule has 0 radical (unpaired) electrons. The first-order valence-electron chi connectivity index (χ1n) is 8.91. The summed E-state index contributed by atoms with van der Waals surface area (Å²) in [5.74, 6) is -0.292. The Morgan fingerprint density at radius 3 is 2.43 bits per heavy atom. The number of aryl methyl sites for hydroxylation is 1. The highest BCUT2D eigenvalue weighted by Crippen LogP contribution is 2.27. The first-order valence-corrected chi connectivity index (χ1v) is 10.8. The standard InChI is InChI=1S/C21H15ClIN5OS/c1-12-6-8-13(9-7-12)28-26-18-10-15(22)17(11-19(18)27-28)24-21(30)25-20(29)14-4-2-3-5-16(14)23/h2-11H,1H3,(H2,24,25,29,30). The molecule has 0 bridgehead atoms. The van der Waals surface area contributed by atoms with E-state index in [-0.39, 0.29) is 11.0 Å².